The molecule has 168 valence electrons. The summed E-state index contributed by atoms with van der Waals surface area (Å²) in [6.45, 7) is 0.719. The zero-order valence-electron chi connectivity index (χ0n) is 16.6. The van der Waals surface area contributed by atoms with Crippen molar-refractivity contribution in [1.29, 1.82) is 0 Å². The van der Waals surface area contributed by atoms with E-state index in [1.807, 2.05) is 0 Å². The second-order valence-corrected chi connectivity index (χ2v) is 9.80. The lowest BCUT2D eigenvalue weighted by molar-refractivity contribution is -0.116. The van der Waals surface area contributed by atoms with Crippen LogP contribution in [0.25, 0.3) is 10.9 Å². The maximum Gasteiger partial charge on any atom is 0.261 e. The van der Waals surface area contributed by atoms with Crippen molar-refractivity contribution < 1.29 is 17.9 Å². The van der Waals surface area contributed by atoms with Crippen molar-refractivity contribution in [1.82, 2.24) is 13.9 Å². The summed E-state index contributed by atoms with van der Waals surface area (Å²) in [6.07, 6.45) is 1.27. The number of nitrogens with one attached hydrogen (secondary N) is 1. The molecule has 1 aliphatic rings. The molecule has 0 spiro atoms. The van der Waals surface area contributed by atoms with Gasteiger partial charge in [-0.1, -0.05) is 23.2 Å². The lowest BCUT2D eigenvalue weighted by Gasteiger charge is -2.26. The second kappa shape index (κ2) is 9.16. The first kappa shape index (κ1) is 22.7. The van der Waals surface area contributed by atoms with Crippen molar-refractivity contribution in [3.8, 4) is 0 Å². The Hall–Kier alpha value is -2.50. The molecule has 1 amide bonds. The summed E-state index contributed by atoms with van der Waals surface area (Å²) < 4.78 is 33.5. The predicted octanol–water partition coefficient (Wildman–Crippen LogP) is 2.36. The van der Waals surface area contributed by atoms with Gasteiger partial charge < -0.3 is 10.1 Å². The van der Waals surface area contributed by atoms with E-state index in [4.69, 9.17) is 27.9 Å². The quantitative estimate of drug-likeness (QED) is 0.580. The van der Waals surface area contributed by atoms with Gasteiger partial charge in [0.05, 0.1) is 35.5 Å². The monoisotopic (exact) mass is 496 g/mol. The van der Waals surface area contributed by atoms with Crippen LogP contribution in [-0.4, -0.2) is 54.5 Å². The third-order valence-corrected chi connectivity index (χ3v) is 7.52. The molecule has 1 aliphatic heterocycles. The van der Waals surface area contributed by atoms with Gasteiger partial charge >= 0.3 is 0 Å². The van der Waals surface area contributed by atoms with Gasteiger partial charge in [-0.15, -0.1) is 0 Å². The highest BCUT2D eigenvalue weighted by molar-refractivity contribution is 7.89. The molecule has 0 bridgehead atoms. The minimum Gasteiger partial charge on any atom is -0.379 e. The molecule has 4 rings (SSSR count). The van der Waals surface area contributed by atoms with Crippen molar-refractivity contribution in [2.24, 2.45) is 0 Å². The van der Waals surface area contributed by atoms with Crippen LogP contribution in [0.4, 0.5) is 5.69 Å². The molecule has 2 heterocycles. The van der Waals surface area contributed by atoms with Crippen molar-refractivity contribution >= 4 is 55.7 Å². The van der Waals surface area contributed by atoms with Gasteiger partial charge in [0.2, 0.25) is 15.9 Å². The van der Waals surface area contributed by atoms with E-state index < -0.39 is 21.5 Å². The summed E-state index contributed by atoms with van der Waals surface area (Å²) in [7, 11) is -3.85. The summed E-state index contributed by atoms with van der Waals surface area (Å²) in [5, 5.41) is 3.32. The highest BCUT2D eigenvalue weighted by Gasteiger charge is 2.28. The molecule has 9 nitrogen and oxygen atoms in total. The van der Waals surface area contributed by atoms with Crippen molar-refractivity contribution in [3.63, 3.8) is 0 Å². The zero-order chi connectivity index (χ0) is 22.9. The number of anilines is 1. The van der Waals surface area contributed by atoms with Crippen LogP contribution >= 0.6 is 23.2 Å². The standard InChI is InChI=1S/C20H18Cl2N4O5S/c21-13-1-4-17-15(9-13)20(28)25(12-23-17)11-19(27)24-14-2-3-16(22)18(10-14)32(29,30)26-5-7-31-8-6-26/h1-4,9-10,12H,5-8,11H2,(H,24,27). The predicted molar refractivity (Wildman–Crippen MR) is 121 cm³/mol. The SMILES string of the molecule is O=C(Cn1cnc2ccc(Cl)cc2c1=O)Nc1ccc(Cl)c(S(=O)(=O)N2CCOCC2)c1. The number of hydrogen-bond donors (Lipinski definition) is 1. The zero-order valence-corrected chi connectivity index (χ0v) is 19.0. The van der Waals surface area contributed by atoms with E-state index in [9.17, 15) is 18.0 Å². The van der Waals surface area contributed by atoms with Crippen LogP contribution in [0, 0.1) is 0 Å². The number of ether oxygens (including phenoxy) is 1. The molecule has 1 fully saturated rings. The number of rotatable bonds is 5. The smallest absolute Gasteiger partial charge is 0.261 e. The number of morpholine rings is 1. The number of aromatic nitrogens is 2. The average molecular weight is 497 g/mol. The molecule has 0 aliphatic carbocycles. The summed E-state index contributed by atoms with van der Waals surface area (Å²) in [5.41, 5.74) is 0.280. The van der Waals surface area contributed by atoms with Gasteiger partial charge in [-0.05, 0) is 36.4 Å². The number of carbonyl (C=O) groups excluding carboxylic acids is 1. The normalized spacial score (nSPS) is 15.1. The minimum absolute atomic E-state index is 0.0429. The molecule has 1 aromatic heterocycles. The van der Waals surface area contributed by atoms with E-state index in [0.717, 1.165) is 4.57 Å². The van der Waals surface area contributed by atoms with Crippen molar-refractivity contribution in [2.45, 2.75) is 11.4 Å². The van der Waals surface area contributed by atoms with Gasteiger partial charge in [0.25, 0.3) is 5.56 Å². The van der Waals surface area contributed by atoms with Gasteiger partial charge in [0, 0.05) is 23.8 Å². The van der Waals surface area contributed by atoms with Gasteiger partial charge in [0.15, 0.2) is 0 Å². The maximum atomic E-state index is 12.9. The molecular weight excluding hydrogens is 479 g/mol. The molecule has 2 aromatic carbocycles. The summed E-state index contributed by atoms with van der Waals surface area (Å²) in [4.78, 5) is 29.2. The molecule has 0 radical (unpaired) electrons. The third kappa shape index (κ3) is 4.64. The number of fused-ring (bicyclic) bond motifs is 1. The van der Waals surface area contributed by atoms with Crippen LogP contribution < -0.4 is 10.9 Å². The molecule has 1 N–H and O–H groups in total. The number of sulfonamides is 1. The molecule has 0 saturated carbocycles. The Morgan fingerprint density at radius 1 is 1.12 bits per heavy atom. The van der Waals surface area contributed by atoms with Crippen LogP contribution in [0.1, 0.15) is 0 Å². The van der Waals surface area contributed by atoms with Gasteiger partial charge in [0.1, 0.15) is 11.4 Å². The van der Waals surface area contributed by atoms with Gasteiger partial charge in [-0.2, -0.15) is 4.31 Å². The third-order valence-electron chi connectivity index (χ3n) is 4.90. The van der Waals surface area contributed by atoms with Crippen LogP contribution in [0.3, 0.4) is 0 Å². The minimum atomic E-state index is -3.85. The van der Waals surface area contributed by atoms with E-state index in [1.54, 1.807) is 12.1 Å². The maximum absolute atomic E-state index is 12.9. The highest BCUT2D eigenvalue weighted by Crippen LogP contribution is 2.28. The molecule has 3 aromatic rings. The highest BCUT2D eigenvalue weighted by atomic mass is 35.5. The fourth-order valence-corrected chi connectivity index (χ4v) is 5.38. The first-order valence-electron chi connectivity index (χ1n) is 9.58. The first-order valence-corrected chi connectivity index (χ1v) is 11.8. The van der Waals surface area contributed by atoms with Gasteiger partial charge in [-0.3, -0.25) is 14.2 Å². The van der Waals surface area contributed by atoms with Crippen molar-refractivity contribution in [2.75, 3.05) is 31.6 Å². The molecule has 0 atom stereocenters. The number of amides is 1. The van der Waals surface area contributed by atoms with Crippen molar-refractivity contribution in [3.05, 3.63) is 63.1 Å². The Balaban J connectivity index is 1.55. The summed E-state index contributed by atoms with van der Waals surface area (Å²) in [5.74, 6) is -0.535. The Morgan fingerprint density at radius 3 is 2.62 bits per heavy atom. The van der Waals surface area contributed by atoms with Crippen LogP contribution in [0.5, 0.6) is 0 Å². The van der Waals surface area contributed by atoms with E-state index in [1.165, 1.54) is 34.9 Å². The number of halogens is 2. The number of benzene rings is 2. The summed E-state index contributed by atoms with van der Waals surface area (Å²) in [6, 6.07) is 8.91. The Bertz CT molecular complexity index is 1350. The molecular formula is C20H18Cl2N4O5S. The molecule has 12 heteroatoms. The van der Waals surface area contributed by atoms with Crippen LogP contribution in [0.2, 0.25) is 10.0 Å². The first-order chi connectivity index (χ1) is 15.3. The average Bonchev–Trinajstić information content (AvgIpc) is 2.78. The van der Waals surface area contributed by atoms with Crippen LogP contribution in [0.15, 0.2) is 52.4 Å². The van der Waals surface area contributed by atoms with E-state index in [0.29, 0.717) is 23.8 Å². The van der Waals surface area contributed by atoms with E-state index in [-0.39, 0.29) is 40.6 Å². The molecule has 0 unspecified atom stereocenters. The molecule has 1 saturated heterocycles. The second-order valence-electron chi connectivity index (χ2n) is 7.05. The Labute approximate surface area is 193 Å². The lowest BCUT2D eigenvalue weighted by Crippen LogP contribution is -2.40. The number of nitrogens with zero attached hydrogens (tertiary/aromatic N) is 3. The molecule has 32 heavy (non-hydrogen) atoms. The van der Waals surface area contributed by atoms with Crippen LogP contribution in [-0.2, 0) is 26.1 Å². The topological polar surface area (TPSA) is 111 Å². The lowest BCUT2D eigenvalue weighted by atomic mass is 10.2. The van der Waals surface area contributed by atoms with E-state index in [2.05, 4.69) is 10.3 Å². The number of carbonyl (C=O) groups is 1. The Morgan fingerprint density at radius 2 is 1.88 bits per heavy atom. The Kier molecular flexibility index (Phi) is 6.50. The fraction of sp³-hybridized carbons (Fsp3) is 0.250. The number of hydrogen-bond acceptors (Lipinski definition) is 6. The summed E-state index contributed by atoms with van der Waals surface area (Å²) >= 11 is 12.1. The largest absolute Gasteiger partial charge is 0.379 e. The van der Waals surface area contributed by atoms with E-state index >= 15 is 0 Å². The van der Waals surface area contributed by atoms with Gasteiger partial charge in [-0.25, -0.2) is 13.4 Å². The fourth-order valence-electron chi connectivity index (χ4n) is 3.30.